The van der Waals surface area contributed by atoms with Crippen molar-refractivity contribution in [3.05, 3.63) is 47.8 Å². The highest BCUT2D eigenvalue weighted by atomic mass is 19.1. The van der Waals surface area contributed by atoms with Crippen molar-refractivity contribution in [2.45, 2.75) is 0 Å². The number of methoxy groups -OCH3 is 1. The molecule has 2 aromatic carbocycles. The maximum absolute atomic E-state index is 13.8. The Hall–Kier alpha value is -2.17. The van der Waals surface area contributed by atoms with Crippen molar-refractivity contribution in [1.29, 1.82) is 0 Å². The molecule has 0 aliphatic heterocycles. The predicted molar refractivity (Wildman–Crippen MR) is 62.7 cm³/mol. The zero-order valence-electron chi connectivity index (χ0n) is 9.51. The molecule has 0 saturated carbocycles. The minimum Gasteiger partial charge on any atom is -0.497 e. The molecule has 0 atom stereocenters. The van der Waals surface area contributed by atoms with E-state index in [1.54, 1.807) is 0 Å². The van der Waals surface area contributed by atoms with Gasteiger partial charge in [0.2, 0.25) is 0 Å². The first-order valence-corrected chi connectivity index (χ1v) is 5.11. The standard InChI is InChI=1S/C13H10F3NO/c1-18-8-5-10(15)13(11(16)6-8)9-3-2-7(14)4-12(9)17/h2-6H,17H2,1H3. The summed E-state index contributed by atoms with van der Waals surface area (Å²) in [6.07, 6.45) is 0. The van der Waals surface area contributed by atoms with Gasteiger partial charge < -0.3 is 10.5 Å². The molecule has 2 aromatic rings. The van der Waals surface area contributed by atoms with E-state index in [0.717, 1.165) is 24.3 Å². The van der Waals surface area contributed by atoms with Crippen molar-refractivity contribution in [3.8, 4) is 16.9 Å². The number of ether oxygens (including phenoxy) is 1. The molecule has 0 spiro atoms. The molecule has 2 nitrogen and oxygen atoms in total. The van der Waals surface area contributed by atoms with Crippen LogP contribution in [0.4, 0.5) is 18.9 Å². The summed E-state index contributed by atoms with van der Waals surface area (Å²) in [4.78, 5) is 0. The van der Waals surface area contributed by atoms with E-state index >= 15 is 0 Å². The molecular weight excluding hydrogens is 243 g/mol. The topological polar surface area (TPSA) is 35.2 Å². The Morgan fingerprint density at radius 2 is 1.61 bits per heavy atom. The molecule has 18 heavy (non-hydrogen) atoms. The first-order chi connectivity index (χ1) is 8.52. The number of benzene rings is 2. The lowest BCUT2D eigenvalue weighted by atomic mass is 10.0. The van der Waals surface area contributed by atoms with Crippen LogP contribution in [-0.4, -0.2) is 7.11 Å². The van der Waals surface area contributed by atoms with Gasteiger partial charge in [0, 0.05) is 23.4 Å². The summed E-state index contributed by atoms with van der Waals surface area (Å²) in [6.45, 7) is 0. The fourth-order valence-corrected chi connectivity index (χ4v) is 1.69. The highest BCUT2D eigenvalue weighted by Gasteiger charge is 2.16. The van der Waals surface area contributed by atoms with E-state index in [-0.39, 0.29) is 22.6 Å². The highest BCUT2D eigenvalue weighted by Crippen LogP contribution is 2.33. The van der Waals surface area contributed by atoms with Crippen LogP contribution in [0.5, 0.6) is 5.75 Å². The number of nitrogens with two attached hydrogens (primary N) is 1. The maximum atomic E-state index is 13.8. The number of halogens is 3. The van der Waals surface area contributed by atoms with Crippen molar-refractivity contribution < 1.29 is 17.9 Å². The molecule has 0 aliphatic carbocycles. The second-order valence-corrected chi connectivity index (χ2v) is 3.70. The Labute approximate surface area is 102 Å². The van der Waals surface area contributed by atoms with Crippen molar-refractivity contribution in [1.82, 2.24) is 0 Å². The summed E-state index contributed by atoms with van der Waals surface area (Å²) in [5.74, 6) is -2.13. The normalized spacial score (nSPS) is 10.4. The van der Waals surface area contributed by atoms with Crippen LogP contribution in [0.25, 0.3) is 11.1 Å². The van der Waals surface area contributed by atoms with Crippen LogP contribution in [0.2, 0.25) is 0 Å². The van der Waals surface area contributed by atoms with Gasteiger partial charge >= 0.3 is 0 Å². The molecule has 0 saturated heterocycles. The van der Waals surface area contributed by atoms with E-state index in [1.807, 2.05) is 0 Å². The average molecular weight is 253 g/mol. The number of hydrogen-bond acceptors (Lipinski definition) is 2. The maximum Gasteiger partial charge on any atom is 0.137 e. The summed E-state index contributed by atoms with van der Waals surface area (Å²) in [6, 6.07) is 5.42. The molecule has 94 valence electrons. The zero-order chi connectivity index (χ0) is 13.3. The lowest BCUT2D eigenvalue weighted by Gasteiger charge is -2.10. The van der Waals surface area contributed by atoms with Crippen molar-refractivity contribution >= 4 is 5.69 Å². The Kier molecular flexibility index (Phi) is 3.14. The SMILES string of the molecule is COc1cc(F)c(-c2ccc(F)cc2N)c(F)c1. The van der Waals surface area contributed by atoms with Crippen molar-refractivity contribution in [3.63, 3.8) is 0 Å². The van der Waals surface area contributed by atoms with Crippen LogP contribution in [0, 0.1) is 17.5 Å². The molecule has 0 fully saturated rings. The van der Waals surface area contributed by atoms with Gasteiger partial charge in [-0.15, -0.1) is 0 Å². The highest BCUT2D eigenvalue weighted by molar-refractivity contribution is 5.77. The smallest absolute Gasteiger partial charge is 0.137 e. The van der Waals surface area contributed by atoms with Crippen molar-refractivity contribution in [2.75, 3.05) is 12.8 Å². The molecule has 0 amide bonds. The van der Waals surface area contributed by atoms with Crippen molar-refractivity contribution in [2.24, 2.45) is 0 Å². The minimum atomic E-state index is -0.815. The van der Waals surface area contributed by atoms with Crippen LogP contribution in [0.15, 0.2) is 30.3 Å². The van der Waals surface area contributed by atoms with Crippen LogP contribution in [0.1, 0.15) is 0 Å². The quantitative estimate of drug-likeness (QED) is 0.833. The lowest BCUT2D eigenvalue weighted by Crippen LogP contribution is -1.97. The number of rotatable bonds is 2. The number of anilines is 1. The number of nitrogen functional groups attached to an aromatic ring is 1. The Morgan fingerprint density at radius 1 is 1.00 bits per heavy atom. The largest absolute Gasteiger partial charge is 0.497 e. The second-order valence-electron chi connectivity index (χ2n) is 3.70. The summed E-state index contributed by atoms with van der Waals surface area (Å²) in [5, 5.41) is 0. The van der Waals surface area contributed by atoms with Gasteiger partial charge in [0.1, 0.15) is 23.2 Å². The lowest BCUT2D eigenvalue weighted by molar-refractivity contribution is 0.407. The van der Waals surface area contributed by atoms with Gasteiger partial charge in [-0.2, -0.15) is 0 Å². The van der Waals surface area contributed by atoms with Crippen LogP contribution < -0.4 is 10.5 Å². The van der Waals surface area contributed by atoms with E-state index in [2.05, 4.69) is 0 Å². The minimum absolute atomic E-state index is 0.0297. The fourth-order valence-electron chi connectivity index (χ4n) is 1.69. The summed E-state index contributed by atoms with van der Waals surface area (Å²) < 4.78 is 45.2. The first kappa shape index (κ1) is 12.3. The molecule has 0 aromatic heterocycles. The molecule has 2 rings (SSSR count). The van der Waals surface area contributed by atoms with Gasteiger partial charge in [0.05, 0.1) is 12.7 Å². The van der Waals surface area contributed by atoms with Crippen LogP contribution in [0.3, 0.4) is 0 Å². The van der Waals surface area contributed by atoms with E-state index in [9.17, 15) is 13.2 Å². The predicted octanol–water partition coefficient (Wildman–Crippen LogP) is 3.36. The van der Waals surface area contributed by atoms with Crippen LogP contribution in [-0.2, 0) is 0 Å². The van der Waals surface area contributed by atoms with Gasteiger partial charge in [-0.3, -0.25) is 0 Å². The van der Waals surface area contributed by atoms with E-state index in [0.29, 0.717) is 0 Å². The van der Waals surface area contributed by atoms with E-state index < -0.39 is 17.5 Å². The fraction of sp³-hybridized carbons (Fsp3) is 0.0769. The van der Waals surface area contributed by atoms with Crippen LogP contribution >= 0.6 is 0 Å². The zero-order valence-corrected chi connectivity index (χ0v) is 9.51. The number of hydrogen-bond donors (Lipinski definition) is 1. The Bertz CT molecular complexity index is 576. The molecule has 2 N–H and O–H groups in total. The molecule has 0 aliphatic rings. The third kappa shape index (κ3) is 2.11. The molecular formula is C13H10F3NO. The summed E-state index contributed by atoms with van der Waals surface area (Å²) in [7, 11) is 1.31. The third-order valence-electron chi connectivity index (χ3n) is 2.53. The van der Waals surface area contributed by atoms with Gasteiger partial charge in [-0.25, -0.2) is 13.2 Å². The van der Waals surface area contributed by atoms with Gasteiger partial charge in [-0.05, 0) is 18.2 Å². The van der Waals surface area contributed by atoms with E-state index in [1.165, 1.54) is 13.2 Å². The first-order valence-electron chi connectivity index (χ1n) is 5.11. The Morgan fingerprint density at radius 3 is 2.11 bits per heavy atom. The third-order valence-corrected chi connectivity index (χ3v) is 2.53. The summed E-state index contributed by atoms with van der Waals surface area (Å²) in [5.41, 5.74) is 5.34. The summed E-state index contributed by atoms with van der Waals surface area (Å²) >= 11 is 0. The average Bonchev–Trinajstić information content (AvgIpc) is 2.30. The Balaban J connectivity index is 2.64. The monoisotopic (exact) mass is 253 g/mol. The van der Waals surface area contributed by atoms with E-state index in [4.69, 9.17) is 10.5 Å². The van der Waals surface area contributed by atoms with Gasteiger partial charge in [0.15, 0.2) is 0 Å². The second kappa shape index (κ2) is 4.60. The molecule has 0 radical (unpaired) electrons. The molecule has 0 heterocycles. The molecule has 0 bridgehead atoms. The molecule has 5 heteroatoms. The van der Waals surface area contributed by atoms with Gasteiger partial charge in [0.25, 0.3) is 0 Å². The van der Waals surface area contributed by atoms with Gasteiger partial charge in [-0.1, -0.05) is 0 Å². The molecule has 0 unspecified atom stereocenters.